The van der Waals surface area contributed by atoms with Gasteiger partial charge in [-0.2, -0.15) is 0 Å². The molecule has 3 N–H and O–H groups in total. The van der Waals surface area contributed by atoms with Crippen molar-refractivity contribution in [1.82, 2.24) is 10.2 Å². The summed E-state index contributed by atoms with van der Waals surface area (Å²) in [5.74, 6) is -0.777. The summed E-state index contributed by atoms with van der Waals surface area (Å²) in [6.45, 7) is 1.01. The average molecular weight is 613 g/mol. The highest BCUT2D eigenvalue weighted by atomic mass is 16.6. The fourth-order valence-electron chi connectivity index (χ4n) is 6.42. The molecule has 3 aromatic carbocycles. The number of likely N-dealkylation sites (N-methyl/N-ethyl adjacent to an activating group) is 1. The Balaban J connectivity index is 1.35. The molecule has 8 nitrogen and oxygen atoms in total. The number of aliphatic hydroxyl groups excluding tert-OH is 2. The van der Waals surface area contributed by atoms with Gasteiger partial charge in [-0.25, -0.2) is 4.79 Å². The van der Waals surface area contributed by atoms with Gasteiger partial charge in [0.1, 0.15) is 6.10 Å². The van der Waals surface area contributed by atoms with E-state index < -0.39 is 36.3 Å². The topological polar surface area (TPSA) is 108 Å². The van der Waals surface area contributed by atoms with Crippen LogP contribution in [0, 0.1) is 5.92 Å². The van der Waals surface area contributed by atoms with Gasteiger partial charge < -0.3 is 29.9 Å². The Labute approximate surface area is 265 Å². The molecule has 5 rings (SSSR count). The summed E-state index contributed by atoms with van der Waals surface area (Å²) in [7, 11) is 1.72. The van der Waals surface area contributed by atoms with Crippen LogP contribution in [0.3, 0.4) is 0 Å². The highest BCUT2D eigenvalue weighted by molar-refractivity contribution is 5.80. The van der Waals surface area contributed by atoms with Crippen molar-refractivity contribution in [1.29, 1.82) is 0 Å². The van der Waals surface area contributed by atoms with E-state index in [-0.39, 0.29) is 18.4 Å². The van der Waals surface area contributed by atoms with Crippen LogP contribution in [-0.4, -0.2) is 71.7 Å². The molecular formula is C37H44N2O6. The standard InChI is InChI=1S/C37H44N2O6/c1-39(35-31-20-9-8-17-28(31)23-34(35)41)36(42)29(18-10-16-26-12-4-2-5-13-26)24-33(40)32(22-27-14-6-3-7-15-27)38-37(43)45-30-19-11-21-44-25-30/h2-10,12-17,20,29-30,32-35,40-41H,11,18-19,21-25H2,1H3,(H,38,43)/t29-,30-,32+,33+,34-,35+/m1/s1. The van der Waals surface area contributed by atoms with Crippen molar-refractivity contribution in [2.24, 2.45) is 5.92 Å². The number of benzene rings is 3. The molecule has 8 heteroatoms. The van der Waals surface area contributed by atoms with E-state index in [2.05, 4.69) is 5.32 Å². The lowest BCUT2D eigenvalue weighted by atomic mass is 9.89. The number of nitrogens with one attached hydrogen (secondary N) is 1. The SMILES string of the molecule is CN(C(=O)[C@H](CC=Cc1ccccc1)C[C@H](O)[C@H](Cc1ccccc1)NC(=O)O[C@@H]1CCCOC1)[C@H]1c2ccccc2C[C@H]1O. The summed E-state index contributed by atoms with van der Waals surface area (Å²) >= 11 is 0. The number of rotatable bonds is 12. The summed E-state index contributed by atoms with van der Waals surface area (Å²) in [5, 5.41) is 25.5. The lowest BCUT2D eigenvalue weighted by Gasteiger charge is -2.33. The Morgan fingerprint density at radius 3 is 2.49 bits per heavy atom. The number of carbonyl (C=O) groups excluding carboxylic acids is 2. The molecule has 2 aliphatic rings. The monoisotopic (exact) mass is 612 g/mol. The summed E-state index contributed by atoms with van der Waals surface area (Å²) in [5.41, 5.74) is 3.93. The maximum atomic E-state index is 14.2. The molecule has 0 bridgehead atoms. The third-order valence-electron chi connectivity index (χ3n) is 8.80. The minimum atomic E-state index is -1.05. The van der Waals surface area contributed by atoms with E-state index >= 15 is 0 Å². The third-order valence-corrected chi connectivity index (χ3v) is 8.80. The van der Waals surface area contributed by atoms with E-state index in [1.165, 1.54) is 0 Å². The molecule has 2 amide bonds. The van der Waals surface area contributed by atoms with Crippen LogP contribution < -0.4 is 5.32 Å². The zero-order valence-corrected chi connectivity index (χ0v) is 25.8. The van der Waals surface area contributed by atoms with Crippen molar-refractivity contribution >= 4 is 18.1 Å². The Kier molecular flexibility index (Phi) is 11.4. The van der Waals surface area contributed by atoms with Crippen LogP contribution in [0.5, 0.6) is 0 Å². The Morgan fingerprint density at radius 2 is 1.76 bits per heavy atom. The quantitative estimate of drug-likeness (QED) is 0.263. The number of hydrogen-bond acceptors (Lipinski definition) is 6. The van der Waals surface area contributed by atoms with E-state index in [4.69, 9.17) is 9.47 Å². The number of alkyl carbamates (subject to hydrolysis) is 1. The minimum absolute atomic E-state index is 0.108. The molecule has 45 heavy (non-hydrogen) atoms. The number of ether oxygens (including phenoxy) is 2. The lowest BCUT2D eigenvalue weighted by molar-refractivity contribution is -0.139. The fraction of sp³-hybridized carbons (Fsp3) is 0.405. The highest BCUT2D eigenvalue weighted by Gasteiger charge is 2.38. The Morgan fingerprint density at radius 1 is 1.04 bits per heavy atom. The van der Waals surface area contributed by atoms with E-state index in [0.29, 0.717) is 32.5 Å². The predicted octanol–water partition coefficient (Wildman–Crippen LogP) is 5.09. The van der Waals surface area contributed by atoms with Gasteiger partial charge in [-0.15, -0.1) is 0 Å². The molecule has 1 saturated heterocycles. The zero-order valence-electron chi connectivity index (χ0n) is 25.8. The molecule has 0 spiro atoms. The first-order valence-corrected chi connectivity index (χ1v) is 15.9. The van der Waals surface area contributed by atoms with Gasteiger partial charge >= 0.3 is 6.09 Å². The number of nitrogens with zero attached hydrogens (tertiary/aromatic N) is 1. The largest absolute Gasteiger partial charge is 0.444 e. The lowest BCUT2D eigenvalue weighted by Crippen LogP contribution is -2.48. The second-order valence-corrected chi connectivity index (χ2v) is 12.1. The number of fused-ring (bicyclic) bond motifs is 1. The summed E-state index contributed by atoms with van der Waals surface area (Å²) < 4.78 is 11.1. The predicted molar refractivity (Wildman–Crippen MR) is 173 cm³/mol. The molecule has 1 aliphatic heterocycles. The second kappa shape index (κ2) is 15.8. The average Bonchev–Trinajstić information content (AvgIpc) is 3.40. The first-order chi connectivity index (χ1) is 21.9. The maximum absolute atomic E-state index is 14.2. The van der Waals surface area contributed by atoms with Gasteiger partial charge in [0.2, 0.25) is 5.91 Å². The molecule has 6 atom stereocenters. The van der Waals surface area contributed by atoms with Crippen LogP contribution in [0.15, 0.2) is 91.0 Å². The molecule has 0 saturated carbocycles. The molecule has 1 heterocycles. The van der Waals surface area contributed by atoms with Gasteiger partial charge in [0, 0.05) is 26.0 Å². The van der Waals surface area contributed by atoms with Crippen LogP contribution in [0.2, 0.25) is 0 Å². The molecule has 0 unspecified atom stereocenters. The van der Waals surface area contributed by atoms with Gasteiger partial charge in [0.05, 0.1) is 30.9 Å². The smallest absolute Gasteiger partial charge is 0.407 e. The summed E-state index contributed by atoms with van der Waals surface area (Å²) in [4.78, 5) is 28.8. The fourth-order valence-corrected chi connectivity index (χ4v) is 6.42. The van der Waals surface area contributed by atoms with Crippen molar-refractivity contribution in [3.8, 4) is 0 Å². The van der Waals surface area contributed by atoms with Gasteiger partial charge in [0.15, 0.2) is 0 Å². The highest BCUT2D eigenvalue weighted by Crippen LogP contribution is 2.36. The number of allylic oxidation sites excluding steroid dienone is 1. The van der Waals surface area contributed by atoms with Crippen LogP contribution in [0.1, 0.15) is 54.0 Å². The van der Waals surface area contributed by atoms with Crippen LogP contribution in [0.25, 0.3) is 6.08 Å². The normalized spacial score (nSPS) is 21.4. The first-order valence-electron chi connectivity index (χ1n) is 15.9. The molecule has 3 aromatic rings. The van der Waals surface area contributed by atoms with Crippen molar-refractivity contribution in [3.63, 3.8) is 0 Å². The summed E-state index contributed by atoms with van der Waals surface area (Å²) in [6.07, 6.45) is 4.10. The first kappa shape index (κ1) is 32.4. The molecule has 1 fully saturated rings. The van der Waals surface area contributed by atoms with E-state index in [1.54, 1.807) is 11.9 Å². The zero-order chi connectivity index (χ0) is 31.6. The Hall–Kier alpha value is -3.98. The number of carbonyl (C=O) groups is 2. The van der Waals surface area contributed by atoms with Gasteiger partial charge in [-0.05, 0) is 54.4 Å². The van der Waals surface area contributed by atoms with Gasteiger partial charge in [-0.1, -0.05) is 97.1 Å². The van der Waals surface area contributed by atoms with Crippen LogP contribution >= 0.6 is 0 Å². The molecular weight excluding hydrogens is 568 g/mol. The van der Waals surface area contributed by atoms with Crippen molar-refractivity contribution < 1.29 is 29.3 Å². The number of aliphatic hydroxyl groups is 2. The van der Waals surface area contributed by atoms with E-state index in [1.807, 2.05) is 97.1 Å². The van der Waals surface area contributed by atoms with Gasteiger partial charge in [0.25, 0.3) is 0 Å². The molecule has 0 aromatic heterocycles. The third kappa shape index (κ3) is 8.81. The maximum Gasteiger partial charge on any atom is 0.407 e. The minimum Gasteiger partial charge on any atom is -0.444 e. The van der Waals surface area contributed by atoms with E-state index in [0.717, 1.165) is 35.1 Å². The summed E-state index contributed by atoms with van der Waals surface area (Å²) in [6, 6.07) is 26.1. The second-order valence-electron chi connectivity index (χ2n) is 12.1. The van der Waals surface area contributed by atoms with E-state index in [9.17, 15) is 19.8 Å². The number of hydrogen-bond donors (Lipinski definition) is 3. The number of amides is 2. The van der Waals surface area contributed by atoms with Crippen LogP contribution in [-0.2, 0) is 27.1 Å². The van der Waals surface area contributed by atoms with Crippen molar-refractivity contribution in [3.05, 3.63) is 113 Å². The molecule has 1 aliphatic carbocycles. The van der Waals surface area contributed by atoms with Crippen molar-refractivity contribution in [2.45, 2.75) is 68.9 Å². The van der Waals surface area contributed by atoms with Crippen molar-refractivity contribution in [2.75, 3.05) is 20.3 Å². The molecule has 238 valence electrons. The molecule has 0 radical (unpaired) electrons. The Bertz CT molecular complexity index is 1410. The van der Waals surface area contributed by atoms with Gasteiger partial charge in [-0.3, -0.25) is 4.79 Å². The van der Waals surface area contributed by atoms with Crippen LogP contribution in [0.4, 0.5) is 4.79 Å².